The van der Waals surface area contributed by atoms with Gasteiger partial charge in [-0.3, -0.25) is 14.7 Å². The number of carbonyl (C=O) groups excluding carboxylic acids is 2. The van der Waals surface area contributed by atoms with Crippen molar-refractivity contribution in [1.82, 2.24) is 10.2 Å². The van der Waals surface area contributed by atoms with Gasteiger partial charge in [-0.15, -0.1) is 5.10 Å². The molecule has 0 saturated heterocycles. The first-order valence-electron chi connectivity index (χ1n) is 7.84. The van der Waals surface area contributed by atoms with E-state index in [4.69, 9.17) is 19.9 Å². The number of hydrogen-bond acceptors (Lipinski definition) is 8. The van der Waals surface area contributed by atoms with Crippen molar-refractivity contribution in [3.63, 3.8) is 0 Å². The largest absolute Gasteiger partial charge is 0.466 e. The van der Waals surface area contributed by atoms with Crippen molar-refractivity contribution in [1.29, 1.82) is 5.26 Å². The van der Waals surface area contributed by atoms with E-state index in [-0.39, 0.29) is 43.4 Å². The van der Waals surface area contributed by atoms with Crippen LogP contribution in [0.25, 0.3) is 0 Å². The maximum atomic E-state index is 12.2. The molecule has 1 aromatic heterocycles. The Bertz CT molecular complexity index is 739. The van der Waals surface area contributed by atoms with E-state index in [1.54, 1.807) is 20.8 Å². The van der Waals surface area contributed by atoms with E-state index in [1.807, 2.05) is 6.07 Å². The van der Waals surface area contributed by atoms with Crippen molar-refractivity contribution in [2.75, 3.05) is 13.2 Å². The molecular weight excluding hydrogens is 328 g/mol. The van der Waals surface area contributed by atoms with E-state index >= 15 is 0 Å². The number of fused-ring (bicyclic) bond motifs is 1. The summed E-state index contributed by atoms with van der Waals surface area (Å²) in [5, 5.41) is 16.4. The van der Waals surface area contributed by atoms with Gasteiger partial charge in [0.15, 0.2) is 0 Å². The van der Waals surface area contributed by atoms with Crippen LogP contribution < -0.4 is 10.5 Å². The van der Waals surface area contributed by atoms with E-state index in [9.17, 15) is 14.9 Å². The Labute approximate surface area is 144 Å². The van der Waals surface area contributed by atoms with Gasteiger partial charge in [-0.1, -0.05) is 0 Å². The van der Waals surface area contributed by atoms with Gasteiger partial charge >= 0.3 is 11.9 Å². The minimum absolute atomic E-state index is 0.0226. The summed E-state index contributed by atoms with van der Waals surface area (Å²) in [5.41, 5.74) is 5.47. The lowest BCUT2D eigenvalue weighted by molar-refractivity contribution is -0.147. The fourth-order valence-corrected chi connectivity index (χ4v) is 3.06. The molecule has 2 rings (SSSR count). The van der Waals surface area contributed by atoms with Crippen LogP contribution in [-0.2, 0) is 24.5 Å². The van der Waals surface area contributed by atoms with Gasteiger partial charge in [0.25, 0.3) is 0 Å². The van der Waals surface area contributed by atoms with E-state index in [1.165, 1.54) is 0 Å². The Hall–Kier alpha value is -3.02. The van der Waals surface area contributed by atoms with Crippen LogP contribution in [-0.4, -0.2) is 35.3 Å². The number of ether oxygens (including phenoxy) is 3. The number of nitrogens with zero attached hydrogens (tertiary/aromatic N) is 2. The first-order valence-corrected chi connectivity index (χ1v) is 7.84. The highest BCUT2D eigenvalue weighted by molar-refractivity contribution is 5.80. The number of nitriles is 1. The van der Waals surface area contributed by atoms with Crippen molar-refractivity contribution in [3.05, 3.63) is 22.7 Å². The van der Waals surface area contributed by atoms with Gasteiger partial charge in [0.05, 0.1) is 31.5 Å². The van der Waals surface area contributed by atoms with Crippen LogP contribution in [0.15, 0.2) is 11.5 Å². The molecular formula is C16H20N4O5. The van der Waals surface area contributed by atoms with Crippen LogP contribution in [0, 0.1) is 18.3 Å². The van der Waals surface area contributed by atoms with Gasteiger partial charge in [0.1, 0.15) is 11.6 Å². The highest BCUT2D eigenvalue weighted by atomic mass is 16.5. The third-order valence-corrected chi connectivity index (χ3v) is 3.94. The van der Waals surface area contributed by atoms with Crippen molar-refractivity contribution in [3.8, 4) is 11.9 Å². The third kappa shape index (κ3) is 3.28. The summed E-state index contributed by atoms with van der Waals surface area (Å²) in [4.78, 5) is 24.5. The monoisotopic (exact) mass is 348 g/mol. The molecule has 0 atom stereocenters. The fraction of sp³-hybridized carbons (Fsp3) is 0.500. The van der Waals surface area contributed by atoms with E-state index in [0.29, 0.717) is 11.3 Å². The van der Waals surface area contributed by atoms with Crippen LogP contribution in [0.1, 0.15) is 37.9 Å². The van der Waals surface area contributed by atoms with Crippen LogP contribution >= 0.6 is 0 Å². The average molecular weight is 348 g/mol. The molecule has 0 unspecified atom stereocenters. The number of aromatic nitrogens is 2. The standard InChI is InChI=1S/C16H20N4O5/c1-4-23-11(21)6-16(7-12(22)24-5-2)10(8-17)14(18)25-15-13(16)9(3)19-20-15/h4-7,18H2,1-3H3,(H,19,20). The number of aryl methyl sites for hydroxylation is 1. The normalized spacial score (nSPS) is 15.0. The zero-order chi connectivity index (χ0) is 18.6. The molecule has 1 aliphatic rings. The summed E-state index contributed by atoms with van der Waals surface area (Å²) >= 11 is 0. The predicted molar refractivity (Wildman–Crippen MR) is 85.0 cm³/mol. The minimum Gasteiger partial charge on any atom is -0.466 e. The van der Waals surface area contributed by atoms with Crippen molar-refractivity contribution in [2.45, 2.75) is 39.0 Å². The minimum atomic E-state index is -1.36. The summed E-state index contributed by atoms with van der Waals surface area (Å²) in [6.45, 7) is 5.39. The molecule has 0 aliphatic carbocycles. The summed E-state index contributed by atoms with van der Waals surface area (Å²) in [5.74, 6) is -1.21. The molecule has 134 valence electrons. The number of nitrogens with two attached hydrogens (primary N) is 1. The molecule has 2 heterocycles. The van der Waals surface area contributed by atoms with Gasteiger partial charge < -0.3 is 19.9 Å². The van der Waals surface area contributed by atoms with Crippen LogP contribution in [0.3, 0.4) is 0 Å². The predicted octanol–water partition coefficient (Wildman–Crippen LogP) is 0.949. The molecule has 1 aromatic rings. The number of esters is 2. The summed E-state index contributed by atoms with van der Waals surface area (Å²) in [7, 11) is 0. The lowest BCUT2D eigenvalue weighted by atomic mass is 9.68. The zero-order valence-electron chi connectivity index (χ0n) is 14.3. The van der Waals surface area contributed by atoms with Gasteiger partial charge in [-0.25, -0.2) is 0 Å². The lowest BCUT2D eigenvalue weighted by Gasteiger charge is -2.35. The molecule has 3 N–H and O–H groups in total. The van der Waals surface area contributed by atoms with Crippen LogP contribution in [0.4, 0.5) is 0 Å². The number of rotatable bonds is 6. The number of nitrogens with one attached hydrogen (secondary N) is 1. The maximum absolute atomic E-state index is 12.2. The molecule has 1 aliphatic heterocycles. The molecule has 0 radical (unpaired) electrons. The molecule has 9 heteroatoms. The van der Waals surface area contributed by atoms with Crippen molar-refractivity contribution >= 4 is 11.9 Å². The Morgan fingerprint density at radius 3 is 2.32 bits per heavy atom. The number of hydrogen-bond donors (Lipinski definition) is 2. The maximum Gasteiger partial charge on any atom is 0.307 e. The molecule has 0 spiro atoms. The first-order chi connectivity index (χ1) is 11.9. The molecule has 0 fully saturated rings. The van der Waals surface area contributed by atoms with Gasteiger partial charge in [-0.2, -0.15) is 5.26 Å². The Kier molecular flexibility index (Phi) is 5.32. The van der Waals surface area contributed by atoms with E-state index in [2.05, 4.69) is 10.2 Å². The Balaban J connectivity index is 2.64. The quantitative estimate of drug-likeness (QED) is 0.724. The fourth-order valence-electron chi connectivity index (χ4n) is 3.06. The highest BCUT2D eigenvalue weighted by Gasteiger charge is 2.50. The van der Waals surface area contributed by atoms with Crippen molar-refractivity contribution < 1.29 is 23.8 Å². The van der Waals surface area contributed by atoms with Gasteiger partial charge in [-0.05, 0) is 20.8 Å². The zero-order valence-corrected chi connectivity index (χ0v) is 14.3. The second-order valence-corrected chi connectivity index (χ2v) is 5.53. The number of carbonyl (C=O) groups is 2. The number of allylic oxidation sites excluding steroid dienone is 1. The van der Waals surface area contributed by atoms with Crippen molar-refractivity contribution in [2.24, 2.45) is 5.73 Å². The smallest absolute Gasteiger partial charge is 0.307 e. The number of aromatic amines is 1. The van der Waals surface area contributed by atoms with Gasteiger partial charge in [0.2, 0.25) is 11.8 Å². The second-order valence-electron chi connectivity index (χ2n) is 5.53. The van der Waals surface area contributed by atoms with Gasteiger partial charge in [0, 0.05) is 11.3 Å². The van der Waals surface area contributed by atoms with Crippen LogP contribution in [0.2, 0.25) is 0 Å². The SMILES string of the molecule is CCOC(=O)CC1(CC(=O)OCC)C(C#N)=C(N)Oc2n[nH]c(C)c21. The Morgan fingerprint density at radius 2 is 1.84 bits per heavy atom. The lowest BCUT2D eigenvalue weighted by Crippen LogP contribution is -2.40. The summed E-state index contributed by atoms with van der Waals surface area (Å²) < 4.78 is 15.5. The molecule has 0 amide bonds. The second kappa shape index (κ2) is 7.25. The summed E-state index contributed by atoms with van der Waals surface area (Å²) in [6, 6.07) is 1.97. The molecule has 0 aromatic carbocycles. The molecule has 9 nitrogen and oxygen atoms in total. The average Bonchev–Trinajstić information content (AvgIpc) is 2.89. The number of H-pyrrole nitrogens is 1. The summed E-state index contributed by atoms with van der Waals surface area (Å²) in [6.07, 6.45) is -0.528. The molecule has 25 heavy (non-hydrogen) atoms. The Morgan fingerprint density at radius 1 is 1.28 bits per heavy atom. The van der Waals surface area contributed by atoms with E-state index < -0.39 is 17.4 Å². The third-order valence-electron chi connectivity index (χ3n) is 3.94. The highest BCUT2D eigenvalue weighted by Crippen LogP contribution is 2.48. The molecule has 0 saturated carbocycles. The first kappa shape index (κ1) is 18.3. The van der Waals surface area contributed by atoms with Crippen LogP contribution in [0.5, 0.6) is 5.88 Å². The van der Waals surface area contributed by atoms with E-state index in [0.717, 1.165) is 0 Å². The molecule has 0 bridgehead atoms. The topological polar surface area (TPSA) is 140 Å².